The Balaban J connectivity index is 1.98. The molecule has 0 saturated heterocycles. The van der Waals surface area contributed by atoms with E-state index in [1.807, 2.05) is 0 Å². The molecule has 0 bridgehead atoms. The summed E-state index contributed by atoms with van der Waals surface area (Å²) in [7, 11) is -1.76. The molecule has 0 aromatic heterocycles. The molecule has 202 valence electrons. The Bertz CT molecular complexity index is 1480. The molecule has 1 amide bonds. The lowest BCUT2D eigenvalue weighted by atomic mass is 9.81. The van der Waals surface area contributed by atoms with Crippen LogP contribution in [-0.2, 0) is 31.5 Å². The Labute approximate surface area is 231 Å². The van der Waals surface area contributed by atoms with Crippen LogP contribution >= 0.6 is 23.2 Å². The second-order valence-electron chi connectivity index (χ2n) is 8.45. The summed E-state index contributed by atoms with van der Waals surface area (Å²) in [5.41, 5.74) is 11.5. The van der Waals surface area contributed by atoms with Crippen LogP contribution in [0.15, 0.2) is 59.5 Å². The number of carbonyl (C=O) groups is 1. The van der Waals surface area contributed by atoms with E-state index in [0.717, 1.165) is 0 Å². The van der Waals surface area contributed by atoms with E-state index in [9.17, 15) is 13.2 Å². The average molecular weight is 580 g/mol. The van der Waals surface area contributed by atoms with Crippen molar-refractivity contribution in [3.05, 3.63) is 81.3 Å². The molecule has 1 unspecified atom stereocenters. The number of carbonyl (C=O) groups excluding carboxylic acids is 1. The van der Waals surface area contributed by atoms with Crippen molar-refractivity contribution in [2.45, 2.75) is 16.9 Å². The number of anilines is 1. The maximum atomic E-state index is 14.2. The van der Waals surface area contributed by atoms with Crippen molar-refractivity contribution in [1.82, 2.24) is 0 Å². The first kappa shape index (κ1) is 28.2. The minimum absolute atomic E-state index is 0.00432. The smallest absolute Gasteiger partial charge is 0.274 e. The zero-order chi connectivity index (χ0) is 27.7. The monoisotopic (exact) mass is 579 g/mol. The van der Waals surface area contributed by atoms with Crippen LogP contribution in [0.4, 0.5) is 5.69 Å². The number of nitrogens with zero attached hydrogens (tertiary/aromatic N) is 1. The van der Waals surface area contributed by atoms with E-state index in [1.165, 1.54) is 44.6 Å². The van der Waals surface area contributed by atoms with Crippen molar-refractivity contribution >= 4 is 44.8 Å². The van der Waals surface area contributed by atoms with E-state index in [0.29, 0.717) is 33.8 Å². The summed E-state index contributed by atoms with van der Waals surface area (Å²) in [6.45, 7) is 0.871. The number of rotatable bonds is 10. The van der Waals surface area contributed by atoms with Gasteiger partial charge in [-0.15, -0.1) is 0 Å². The molecule has 0 radical (unpaired) electrons. The average Bonchev–Trinajstić information content (AvgIpc) is 3.15. The summed E-state index contributed by atoms with van der Waals surface area (Å²) in [4.78, 5) is 14.0. The normalized spacial score (nSPS) is 17.0. The predicted octanol–water partition coefficient (Wildman–Crippen LogP) is 3.47. The van der Waals surface area contributed by atoms with Crippen LogP contribution in [0, 0.1) is 0 Å². The van der Waals surface area contributed by atoms with Crippen LogP contribution < -0.4 is 25.2 Å². The van der Waals surface area contributed by atoms with Gasteiger partial charge in [0.25, 0.3) is 15.9 Å². The molecule has 12 heteroatoms. The Kier molecular flexibility index (Phi) is 8.22. The zero-order valence-corrected chi connectivity index (χ0v) is 23.1. The van der Waals surface area contributed by atoms with Gasteiger partial charge in [0.2, 0.25) is 0 Å². The molecule has 38 heavy (non-hydrogen) atoms. The van der Waals surface area contributed by atoms with E-state index < -0.39 is 21.5 Å². The van der Waals surface area contributed by atoms with E-state index in [4.69, 9.17) is 48.9 Å². The second-order valence-corrected chi connectivity index (χ2v) is 11.0. The molecule has 1 heterocycles. The highest BCUT2D eigenvalue weighted by Crippen LogP contribution is 2.50. The number of nitrogens with two attached hydrogens (primary N) is 2. The third-order valence-corrected chi connectivity index (χ3v) is 8.74. The maximum absolute atomic E-state index is 14.2. The maximum Gasteiger partial charge on any atom is 0.274 e. The number of benzene rings is 3. The molecule has 0 fully saturated rings. The Hall–Kier alpha value is -2.86. The molecule has 4 rings (SSSR count). The number of sulfonamides is 1. The summed E-state index contributed by atoms with van der Waals surface area (Å²) in [6, 6.07) is 13.7. The van der Waals surface area contributed by atoms with Crippen LogP contribution in [0.2, 0.25) is 10.0 Å². The molecule has 0 spiro atoms. The van der Waals surface area contributed by atoms with Gasteiger partial charge in [0, 0.05) is 33.8 Å². The van der Waals surface area contributed by atoms with E-state index in [-0.39, 0.29) is 45.5 Å². The first-order chi connectivity index (χ1) is 18.1. The highest BCUT2D eigenvalue weighted by Gasteiger charge is 2.56. The van der Waals surface area contributed by atoms with Gasteiger partial charge in [-0.25, -0.2) is 12.7 Å². The van der Waals surface area contributed by atoms with Gasteiger partial charge in [-0.3, -0.25) is 4.79 Å². The quantitative estimate of drug-likeness (QED) is 0.349. The fourth-order valence-electron chi connectivity index (χ4n) is 4.56. The van der Waals surface area contributed by atoms with E-state index in [1.54, 1.807) is 24.3 Å². The van der Waals surface area contributed by atoms with Crippen molar-refractivity contribution in [2.24, 2.45) is 11.5 Å². The van der Waals surface area contributed by atoms with E-state index in [2.05, 4.69) is 0 Å². The third kappa shape index (κ3) is 4.61. The standard InChI is InChI=1S/C26H27Cl2N3O6S/c1-35-16-7-10-23(22(15-16)36-2)38(33,34)31-21-9-8-19(27)17(11-13-37-14-12-29)24(21)26(30,25(31)32)18-5-3-4-6-20(18)28/h3-10,15H,11-14,29-30H2,1-2H3. The minimum atomic E-state index is -4.53. The molecule has 0 saturated carbocycles. The number of hydrogen-bond donors (Lipinski definition) is 2. The Morgan fingerprint density at radius 2 is 1.71 bits per heavy atom. The van der Waals surface area contributed by atoms with Crippen LogP contribution in [-0.4, -0.2) is 48.3 Å². The molecule has 1 aliphatic heterocycles. The first-order valence-corrected chi connectivity index (χ1v) is 13.8. The first-order valence-electron chi connectivity index (χ1n) is 11.6. The molecular weight excluding hydrogens is 553 g/mol. The minimum Gasteiger partial charge on any atom is -0.497 e. The highest BCUT2D eigenvalue weighted by molar-refractivity contribution is 7.93. The van der Waals surface area contributed by atoms with Crippen LogP contribution in [0.5, 0.6) is 11.5 Å². The van der Waals surface area contributed by atoms with Gasteiger partial charge < -0.3 is 25.7 Å². The molecular formula is C26H27Cl2N3O6S. The SMILES string of the molecule is COc1ccc(S(=O)(=O)N2C(=O)C(N)(c3ccccc3Cl)c3c2ccc(Cl)c3CCOCCN)c(OC)c1. The lowest BCUT2D eigenvalue weighted by Gasteiger charge is -2.27. The molecule has 4 N–H and O–H groups in total. The summed E-state index contributed by atoms with van der Waals surface area (Å²) in [5.74, 6) is -0.537. The molecule has 3 aromatic rings. The Morgan fingerprint density at radius 3 is 2.37 bits per heavy atom. The number of methoxy groups -OCH3 is 2. The number of fused-ring (bicyclic) bond motifs is 1. The van der Waals surface area contributed by atoms with Crippen LogP contribution in [0.25, 0.3) is 0 Å². The molecule has 9 nitrogen and oxygen atoms in total. The van der Waals surface area contributed by atoms with Gasteiger partial charge in [0.1, 0.15) is 16.4 Å². The van der Waals surface area contributed by atoms with Crippen LogP contribution in [0.3, 0.4) is 0 Å². The van der Waals surface area contributed by atoms with Gasteiger partial charge in [-0.2, -0.15) is 0 Å². The third-order valence-electron chi connectivity index (χ3n) is 6.32. The number of hydrogen-bond acceptors (Lipinski definition) is 8. The van der Waals surface area contributed by atoms with E-state index >= 15 is 0 Å². The number of amides is 1. The highest BCUT2D eigenvalue weighted by atomic mass is 35.5. The fraction of sp³-hybridized carbons (Fsp3) is 0.269. The number of ether oxygens (including phenoxy) is 3. The number of halogens is 2. The van der Waals surface area contributed by atoms with Crippen molar-refractivity contribution in [1.29, 1.82) is 0 Å². The molecule has 3 aromatic carbocycles. The van der Waals surface area contributed by atoms with Gasteiger partial charge in [0.05, 0.1) is 33.1 Å². The fourth-order valence-corrected chi connectivity index (χ4v) is 6.70. The van der Waals surface area contributed by atoms with Gasteiger partial charge >= 0.3 is 0 Å². The van der Waals surface area contributed by atoms with Crippen LogP contribution in [0.1, 0.15) is 16.7 Å². The van der Waals surface area contributed by atoms with Crippen molar-refractivity contribution in [2.75, 3.05) is 38.3 Å². The van der Waals surface area contributed by atoms with Gasteiger partial charge in [-0.1, -0.05) is 41.4 Å². The largest absolute Gasteiger partial charge is 0.497 e. The summed E-state index contributed by atoms with van der Waals surface area (Å²) >= 11 is 13.1. The Morgan fingerprint density at radius 1 is 0.974 bits per heavy atom. The summed E-state index contributed by atoms with van der Waals surface area (Å²) in [6.07, 6.45) is 0.248. The van der Waals surface area contributed by atoms with Crippen molar-refractivity contribution < 1.29 is 27.4 Å². The van der Waals surface area contributed by atoms with Gasteiger partial charge in [-0.05, 0) is 42.3 Å². The lowest BCUT2D eigenvalue weighted by Crippen LogP contribution is -2.50. The van der Waals surface area contributed by atoms with Crippen molar-refractivity contribution in [3.63, 3.8) is 0 Å². The molecule has 1 aliphatic rings. The zero-order valence-electron chi connectivity index (χ0n) is 20.7. The lowest BCUT2D eigenvalue weighted by molar-refractivity contribution is -0.120. The topological polar surface area (TPSA) is 134 Å². The summed E-state index contributed by atoms with van der Waals surface area (Å²) in [5, 5.41) is 0.497. The van der Waals surface area contributed by atoms with Crippen molar-refractivity contribution in [3.8, 4) is 11.5 Å². The molecule has 1 atom stereocenters. The second kappa shape index (κ2) is 11.1. The van der Waals surface area contributed by atoms with Gasteiger partial charge in [0.15, 0.2) is 5.54 Å². The molecule has 0 aliphatic carbocycles. The summed E-state index contributed by atoms with van der Waals surface area (Å²) < 4.78 is 45.0. The predicted molar refractivity (Wildman–Crippen MR) is 146 cm³/mol.